The van der Waals surface area contributed by atoms with E-state index in [1.54, 1.807) is 6.08 Å². The van der Waals surface area contributed by atoms with Crippen LogP contribution in [-0.4, -0.2) is 87.5 Å². The fourth-order valence-electron chi connectivity index (χ4n) is 13.0. The van der Waals surface area contributed by atoms with Gasteiger partial charge in [-0.3, -0.25) is 4.79 Å². The van der Waals surface area contributed by atoms with Gasteiger partial charge in [-0.05, 0) is 89.9 Å². The molecule has 558 valence electrons. The molecule has 1 rings (SSSR count). The van der Waals surface area contributed by atoms with Crippen LogP contribution in [0, 0.1) is 0 Å². The minimum Gasteiger partial charge on any atom is -0.394 e. The van der Waals surface area contributed by atoms with Crippen molar-refractivity contribution >= 4 is 5.91 Å². The van der Waals surface area contributed by atoms with Crippen LogP contribution in [0.4, 0.5) is 0 Å². The second kappa shape index (κ2) is 74.8. The summed E-state index contributed by atoms with van der Waals surface area (Å²) in [5, 5.41) is 54.9. The van der Waals surface area contributed by atoms with E-state index in [0.29, 0.717) is 6.42 Å². The molecule has 1 aliphatic heterocycles. The predicted octanol–water partition coefficient (Wildman–Crippen LogP) is 24.2. The van der Waals surface area contributed by atoms with Crippen molar-refractivity contribution in [3.05, 3.63) is 97.2 Å². The van der Waals surface area contributed by atoms with E-state index in [0.717, 1.165) is 77.0 Å². The molecule has 0 aliphatic carbocycles. The normalized spacial score (nSPS) is 17.9. The zero-order valence-corrected chi connectivity index (χ0v) is 62.9. The quantitative estimate of drug-likeness (QED) is 0.0261. The van der Waals surface area contributed by atoms with Crippen LogP contribution in [-0.2, 0) is 14.3 Å². The molecule has 9 heteroatoms. The Balaban J connectivity index is 2.07. The lowest BCUT2D eigenvalue weighted by molar-refractivity contribution is -0.302. The van der Waals surface area contributed by atoms with Crippen LogP contribution >= 0.6 is 0 Å². The molecule has 1 aliphatic rings. The minimum atomic E-state index is -1.58. The van der Waals surface area contributed by atoms with E-state index in [1.165, 1.54) is 295 Å². The Bertz CT molecular complexity index is 1850. The fourth-order valence-corrected chi connectivity index (χ4v) is 13.0. The van der Waals surface area contributed by atoms with Crippen LogP contribution in [0.15, 0.2) is 97.2 Å². The van der Waals surface area contributed by atoms with Gasteiger partial charge in [0.1, 0.15) is 24.4 Å². The Labute approximate surface area is 594 Å². The van der Waals surface area contributed by atoms with Gasteiger partial charge in [-0.25, -0.2) is 0 Å². The van der Waals surface area contributed by atoms with Gasteiger partial charge in [-0.15, -0.1) is 0 Å². The molecule has 0 bridgehead atoms. The molecule has 0 aromatic rings. The van der Waals surface area contributed by atoms with Crippen molar-refractivity contribution in [3.8, 4) is 0 Å². The molecule has 7 atom stereocenters. The van der Waals surface area contributed by atoms with Gasteiger partial charge in [0.25, 0.3) is 0 Å². The highest BCUT2D eigenvalue weighted by molar-refractivity contribution is 5.76. The summed E-state index contributed by atoms with van der Waals surface area (Å²) in [6, 6.07) is -0.833. The SMILES string of the molecule is CC/C=C\C/C=C\C/C=C\C/C=C\C/C=C\CCCCCCCCCCCCCCCCCCCCCCCCCCCC(=O)NC(COC1OC(CO)C(O)C(O)C1O)C(O)/C=C/CC/C=C/CC/C=C/CCCCCCCCCCCCCCCCCCCCCCCC. The van der Waals surface area contributed by atoms with Crippen molar-refractivity contribution in [2.45, 2.75) is 436 Å². The molecule has 96 heavy (non-hydrogen) atoms. The average Bonchev–Trinajstić information content (AvgIpc) is 0.840. The standard InChI is InChI=1S/C87H157NO8/c1-3-5-7-9-11-13-15-17-19-21-23-25-27-29-31-33-35-37-38-39-40-41-42-43-44-45-47-49-51-53-55-57-59-61-63-65-67-69-71-73-75-77-83(91)88-80(79-95-87-86(94)85(93)84(92)82(78-89)96-87)81(90)76-74-72-70-68-66-64-62-60-58-56-54-52-50-48-46-36-34-32-30-28-26-24-22-20-18-16-14-12-10-8-6-4-2/h5,7,11,13,17,19,23,25,29,31,58,60,66,68,74,76,80-82,84-87,89-90,92-94H,3-4,6,8-10,12,14-16,18,20-22,24,26-28,30,32-57,59,61-65,67,69-73,75,77-79H2,1-2H3,(H,88,91)/b7-5-,13-11-,19-17-,25-23-,31-29-,60-58+,68-66+,76-74+. The maximum absolute atomic E-state index is 13.2. The molecule has 1 saturated heterocycles. The second-order valence-electron chi connectivity index (χ2n) is 28.5. The van der Waals surface area contributed by atoms with Gasteiger partial charge in [-0.1, -0.05) is 394 Å². The van der Waals surface area contributed by atoms with Gasteiger partial charge in [-0.2, -0.15) is 0 Å². The maximum Gasteiger partial charge on any atom is 0.220 e. The van der Waals surface area contributed by atoms with E-state index in [9.17, 15) is 30.3 Å². The Kier molecular flexibility index (Phi) is 71.0. The van der Waals surface area contributed by atoms with Crippen LogP contribution in [0.5, 0.6) is 0 Å². The van der Waals surface area contributed by atoms with E-state index in [-0.39, 0.29) is 12.5 Å². The van der Waals surface area contributed by atoms with Crippen molar-refractivity contribution in [2.75, 3.05) is 13.2 Å². The van der Waals surface area contributed by atoms with Gasteiger partial charge >= 0.3 is 0 Å². The summed E-state index contributed by atoms with van der Waals surface area (Å²) < 4.78 is 11.3. The number of carbonyl (C=O) groups excluding carboxylic acids is 1. The number of ether oxygens (including phenoxy) is 2. The highest BCUT2D eigenvalue weighted by Crippen LogP contribution is 2.24. The van der Waals surface area contributed by atoms with Gasteiger partial charge in [0.15, 0.2) is 6.29 Å². The number of aliphatic hydroxyl groups excluding tert-OH is 5. The van der Waals surface area contributed by atoms with Gasteiger partial charge in [0, 0.05) is 6.42 Å². The smallest absolute Gasteiger partial charge is 0.220 e. The molecule has 0 aromatic carbocycles. The summed E-state index contributed by atoms with van der Waals surface area (Å²) in [6.45, 7) is 3.69. The van der Waals surface area contributed by atoms with Crippen molar-refractivity contribution in [2.24, 2.45) is 0 Å². The van der Waals surface area contributed by atoms with Gasteiger partial charge in [0.05, 0.1) is 25.4 Å². The lowest BCUT2D eigenvalue weighted by Crippen LogP contribution is -2.60. The molecule has 1 amide bonds. The zero-order valence-electron chi connectivity index (χ0n) is 62.9. The Morgan fingerprint density at radius 2 is 0.656 bits per heavy atom. The van der Waals surface area contributed by atoms with E-state index in [2.05, 4.69) is 104 Å². The Morgan fingerprint density at radius 1 is 0.365 bits per heavy atom. The number of carbonyl (C=O) groups is 1. The number of unbranched alkanes of at least 4 members (excludes halogenated alkanes) is 49. The topological polar surface area (TPSA) is 149 Å². The first-order chi connectivity index (χ1) is 47.3. The number of nitrogens with one attached hydrogen (secondary N) is 1. The van der Waals surface area contributed by atoms with Crippen molar-refractivity contribution in [3.63, 3.8) is 0 Å². The number of aliphatic hydroxyl groups is 5. The highest BCUT2D eigenvalue weighted by Gasteiger charge is 2.44. The van der Waals surface area contributed by atoms with E-state index in [1.807, 2.05) is 6.08 Å². The third kappa shape index (κ3) is 62.1. The Morgan fingerprint density at radius 3 is 1.00 bits per heavy atom. The monoisotopic (exact) mass is 1340 g/mol. The first-order valence-electron chi connectivity index (χ1n) is 41.5. The van der Waals surface area contributed by atoms with Crippen molar-refractivity contribution in [1.82, 2.24) is 5.32 Å². The summed E-state index contributed by atoms with van der Waals surface area (Å²) in [7, 11) is 0. The van der Waals surface area contributed by atoms with Crippen molar-refractivity contribution in [1.29, 1.82) is 0 Å². The van der Waals surface area contributed by atoms with Gasteiger partial charge in [0.2, 0.25) is 5.91 Å². The molecule has 0 saturated carbocycles. The molecule has 0 spiro atoms. The summed E-state index contributed by atoms with van der Waals surface area (Å²) >= 11 is 0. The molecule has 9 nitrogen and oxygen atoms in total. The first kappa shape index (κ1) is 91.1. The van der Waals surface area contributed by atoms with Gasteiger partial charge < -0.3 is 40.3 Å². The molecule has 1 fully saturated rings. The highest BCUT2D eigenvalue weighted by atomic mass is 16.7. The van der Waals surface area contributed by atoms with Crippen molar-refractivity contribution < 1.29 is 39.8 Å². The Hall–Kier alpha value is -2.89. The third-order valence-electron chi connectivity index (χ3n) is 19.4. The fraction of sp³-hybridized carbons (Fsp3) is 0.805. The number of rotatable bonds is 73. The molecule has 1 heterocycles. The lowest BCUT2D eigenvalue weighted by Gasteiger charge is -2.40. The molecule has 0 aromatic heterocycles. The van der Waals surface area contributed by atoms with E-state index >= 15 is 0 Å². The molecular formula is C87H157NO8. The van der Waals surface area contributed by atoms with Crippen LogP contribution in [0.25, 0.3) is 0 Å². The van der Waals surface area contributed by atoms with Crippen LogP contribution in [0.1, 0.15) is 393 Å². The van der Waals surface area contributed by atoms with E-state index in [4.69, 9.17) is 9.47 Å². The largest absolute Gasteiger partial charge is 0.394 e. The zero-order chi connectivity index (χ0) is 69.2. The van der Waals surface area contributed by atoms with Crippen LogP contribution in [0.3, 0.4) is 0 Å². The summed E-state index contributed by atoms with van der Waals surface area (Å²) in [6.07, 6.45) is 103. The van der Waals surface area contributed by atoms with E-state index < -0.39 is 49.5 Å². The molecule has 0 radical (unpaired) electrons. The average molecular weight is 1350 g/mol. The predicted molar refractivity (Wildman–Crippen MR) is 415 cm³/mol. The maximum atomic E-state index is 13.2. The van der Waals surface area contributed by atoms with Crippen LogP contribution < -0.4 is 5.32 Å². The number of hydrogen-bond acceptors (Lipinski definition) is 8. The number of amides is 1. The number of allylic oxidation sites excluding steroid dienone is 15. The molecular weight excluding hydrogens is 1190 g/mol. The molecule has 6 N–H and O–H groups in total. The third-order valence-corrected chi connectivity index (χ3v) is 19.4. The summed E-state index contributed by atoms with van der Waals surface area (Å²) in [4.78, 5) is 13.2. The summed E-state index contributed by atoms with van der Waals surface area (Å²) in [5.74, 6) is -0.185. The lowest BCUT2D eigenvalue weighted by atomic mass is 9.99. The number of hydrogen-bond donors (Lipinski definition) is 6. The second-order valence-corrected chi connectivity index (χ2v) is 28.5. The summed E-state index contributed by atoms with van der Waals surface area (Å²) in [5.41, 5.74) is 0. The minimum absolute atomic E-state index is 0.185. The molecule has 7 unspecified atom stereocenters. The first-order valence-corrected chi connectivity index (χ1v) is 41.5. The van der Waals surface area contributed by atoms with Crippen LogP contribution in [0.2, 0.25) is 0 Å².